The van der Waals surface area contributed by atoms with E-state index in [4.69, 9.17) is 5.73 Å². The average molecular weight is 245 g/mol. The summed E-state index contributed by atoms with van der Waals surface area (Å²) in [6.07, 6.45) is 2.41. The van der Waals surface area contributed by atoms with Gasteiger partial charge in [0.1, 0.15) is 12.1 Å². The number of anilines is 1. The van der Waals surface area contributed by atoms with Crippen LogP contribution in [0.3, 0.4) is 0 Å². The highest BCUT2D eigenvalue weighted by Crippen LogP contribution is 2.21. The highest BCUT2D eigenvalue weighted by Gasteiger charge is 2.17. The number of nitrogens with zero attached hydrogens (tertiary/aromatic N) is 2. The Morgan fingerprint density at radius 2 is 2.17 bits per heavy atom. The fourth-order valence-corrected chi connectivity index (χ4v) is 1.85. The molecule has 0 saturated carbocycles. The number of hydrogen-bond acceptors (Lipinski definition) is 4. The zero-order valence-corrected chi connectivity index (χ0v) is 10.4. The number of carbonyl (C=O) groups is 1. The normalized spacial score (nSPS) is 10.3. The van der Waals surface area contributed by atoms with Crippen molar-refractivity contribution in [1.82, 2.24) is 9.55 Å². The van der Waals surface area contributed by atoms with Crippen LogP contribution in [-0.2, 0) is 11.2 Å². The summed E-state index contributed by atoms with van der Waals surface area (Å²) in [5.74, 6) is -0.233. The maximum absolute atomic E-state index is 11.5. The third-order valence-corrected chi connectivity index (χ3v) is 2.82. The first kappa shape index (κ1) is 12.2. The predicted molar refractivity (Wildman–Crippen MR) is 68.7 cm³/mol. The van der Waals surface area contributed by atoms with Crippen LogP contribution in [0.15, 0.2) is 30.6 Å². The number of methoxy groups -OCH3 is 1. The molecular formula is C13H15N3O2. The van der Waals surface area contributed by atoms with Gasteiger partial charge in [0.2, 0.25) is 0 Å². The Morgan fingerprint density at radius 3 is 2.83 bits per heavy atom. The van der Waals surface area contributed by atoms with E-state index < -0.39 is 5.97 Å². The van der Waals surface area contributed by atoms with E-state index in [0.29, 0.717) is 5.82 Å². The molecule has 0 amide bonds. The minimum atomic E-state index is -0.528. The number of benzene rings is 1. The van der Waals surface area contributed by atoms with E-state index in [0.717, 1.165) is 17.7 Å². The Balaban J connectivity index is 2.52. The summed E-state index contributed by atoms with van der Waals surface area (Å²) >= 11 is 0. The molecule has 0 spiro atoms. The molecule has 0 atom stereocenters. The monoisotopic (exact) mass is 245 g/mol. The van der Waals surface area contributed by atoms with Crippen LogP contribution in [0.5, 0.6) is 0 Å². The van der Waals surface area contributed by atoms with Crippen LogP contribution in [0.25, 0.3) is 5.69 Å². The number of aryl methyl sites for hydroxylation is 1. The number of nitrogen functional groups attached to an aromatic ring is 1. The lowest BCUT2D eigenvalue weighted by Crippen LogP contribution is -2.08. The van der Waals surface area contributed by atoms with Crippen molar-refractivity contribution >= 4 is 11.8 Å². The quantitative estimate of drug-likeness (QED) is 0.837. The predicted octanol–water partition coefficient (Wildman–Crippen LogP) is 1.80. The van der Waals surface area contributed by atoms with E-state index in [9.17, 15) is 4.79 Å². The van der Waals surface area contributed by atoms with Crippen LogP contribution < -0.4 is 5.73 Å². The summed E-state index contributed by atoms with van der Waals surface area (Å²) in [6, 6.07) is 7.85. The second-order valence-electron chi connectivity index (χ2n) is 3.82. The zero-order valence-electron chi connectivity index (χ0n) is 10.4. The molecule has 2 rings (SSSR count). The molecular weight excluding hydrogens is 230 g/mol. The van der Waals surface area contributed by atoms with E-state index in [1.165, 1.54) is 13.4 Å². The lowest BCUT2D eigenvalue weighted by atomic mass is 10.1. The molecule has 0 unspecified atom stereocenters. The number of imidazole rings is 1. The Labute approximate surface area is 105 Å². The summed E-state index contributed by atoms with van der Waals surface area (Å²) in [6.45, 7) is 2.06. The van der Waals surface area contributed by atoms with Crippen LogP contribution >= 0.6 is 0 Å². The molecule has 2 N–H and O–H groups in total. The third-order valence-electron chi connectivity index (χ3n) is 2.82. The van der Waals surface area contributed by atoms with Crippen LogP contribution in [0.2, 0.25) is 0 Å². The standard InChI is InChI=1S/C13H15N3O2/c1-3-9-6-4-5-7-10(9)16-8-15-11(12(16)14)13(17)18-2/h4-8H,3,14H2,1-2H3. The minimum absolute atomic E-state index is 0.142. The van der Waals surface area contributed by atoms with Gasteiger partial charge in [-0.2, -0.15) is 0 Å². The number of rotatable bonds is 3. The van der Waals surface area contributed by atoms with Crippen molar-refractivity contribution in [3.8, 4) is 5.69 Å². The summed E-state index contributed by atoms with van der Waals surface area (Å²) < 4.78 is 6.33. The first-order chi connectivity index (χ1) is 8.69. The number of hydrogen-bond donors (Lipinski definition) is 1. The fraction of sp³-hybridized carbons (Fsp3) is 0.231. The molecule has 94 valence electrons. The Bertz CT molecular complexity index is 575. The molecule has 0 bridgehead atoms. The molecule has 18 heavy (non-hydrogen) atoms. The first-order valence-electron chi connectivity index (χ1n) is 5.68. The van der Waals surface area contributed by atoms with E-state index >= 15 is 0 Å². The summed E-state index contributed by atoms with van der Waals surface area (Å²) in [5.41, 5.74) is 8.14. The van der Waals surface area contributed by atoms with Gasteiger partial charge in [-0.1, -0.05) is 25.1 Å². The SMILES string of the molecule is CCc1ccccc1-n1cnc(C(=O)OC)c1N. The highest BCUT2D eigenvalue weighted by atomic mass is 16.5. The third kappa shape index (κ3) is 1.95. The number of carbonyl (C=O) groups excluding carboxylic acids is 1. The van der Waals surface area contributed by atoms with Crippen LogP contribution in [0.1, 0.15) is 23.0 Å². The molecule has 1 aromatic heterocycles. The molecule has 0 saturated heterocycles. The van der Waals surface area contributed by atoms with Gasteiger partial charge in [0.15, 0.2) is 5.69 Å². The van der Waals surface area contributed by atoms with E-state index in [-0.39, 0.29) is 5.69 Å². The number of esters is 1. The molecule has 0 aliphatic carbocycles. The molecule has 0 radical (unpaired) electrons. The van der Waals surface area contributed by atoms with Crippen LogP contribution in [-0.4, -0.2) is 22.6 Å². The smallest absolute Gasteiger partial charge is 0.360 e. The van der Waals surface area contributed by atoms with Crippen molar-refractivity contribution in [1.29, 1.82) is 0 Å². The Kier molecular flexibility index (Phi) is 3.32. The van der Waals surface area contributed by atoms with Gasteiger partial charge in [0, 0.05) is 0 Å². The minimum Gasteiger partial charge on any atom is -0.464 e. The molecule has 5 nitrogen and oxygen atoms in total. The van der Waals surface area contributed by atoms with Gasteiger partial charge in [-0.15, -0.1) is 0 Å². The van der Waals surface area contributed by atoms with Crippen molar-refractivity contribution in [3.05, 3.63) is 41.9 Å². The maximum atomic E-state index is 11.5. The van der Waals surface area contributed by atoms with Crippen molar-refractivity contribution in [3.63, 3.8) is 0 Å². The number of para-hydroxylation sites is 1. The van der Waals surface area contributed by atoms with Gasteiger partial charge in [0.05, 0.1) is 12.8 Å². The second-order valence-corrected chi connectivity index (χ2v) is 3.82. The number of ether oxygens (including phenoxy) is 1. The molecule has 2 aromatic rings. The van der Waals surface area contributed by atoms with E-state index in [2.05, 4.69) is 16.6 Å². The summed E-state index contributed by atoms with van der Waals surface area (Å²) in [5, 5.41) is 0. The van der Waals surface area contributed by atoms with Crippen molar-refractivity contribution in [2.45, 2.75) is 13.3 Å². The zero-order chi connectivity index (χ0) is 13.1. The fourth-order valence-electron chi connectivity index (χ4n) is 1.85. The highest BCUT2D eigenvalue weighted by molar-refractivity contribution is 5.92. The lowest BCUT2D eigenvalue weighted by molar-refractivity contribution is 0.0596. The maximum Gasteiger partial charge on any atom is 0.360 e. The van der Waals surface area contributed by atoms with Gasteiger partial charge in [-0.3, -0.25) is 4.57 Å². The molecule has 5 heteroatoms. The summed E-state index contributed by atoms with van der Waals surface area (Å²) in [4.78, 5) is 15.5. The molecule has 0 aliphatic heterocycles. The number of nitrogens with two attached hydrogens (primary N) is 1. The second kappa shape index (κ2) is 4.91. The number of aromatic nitrogens is 2. The summed E-state index contributed by atoms with van der Waals surface area (Å²) in [7, 11) is 1.31. The van der Waals surface area contributed by atoms with Gasteiger partial charge in [-0.25, -0.2) is 9.78 Å². The van der Waals surface area contributed by atoms with Crippen molar-refractivity contribution in [2.75, 3.05) is 12.8 Å². The molecule has 1 aromatic carbocycles. The Morgan fingerprint density at radius 1 is 1.44 bits per heavy atom. The lowest BCUT2D eigenvalue weighted by Gasteiger charge is -2.10. The Hall–Kier alpha value is -2.30. The van der Waals surface area contributed by atoms with Gasteiger partial charge in [-0.05, 0) is 18.1 Å². The van der Waals surface area contributed by atoms with E-state index in [1.807, 2.05) is 24.3 Å². The van der Waals surface area contributed by atoms with Gasteiger partial charge >= 0.3 is 5.97 Å². The molecule has 0 fully saturated rings. The van der Waals surface area contributed by atoms with Crippen LogP contribution in [0.4, 0.5) is 5.82 Å². The van der Waals surface area contributed by atoms with Crippen LogP contribution in [0, 0.1) is 0 Å². The largest absolute Gasteiger partial charge is 0.464 e. The average Bonchev–Trinajstić information content (AvgIpc) is 2.79. The topological polar surface area (TPSA) is 70.1 Å². The van der Waals surface area contributed by atoms with E-state index in [1.54, 1.807) is 4.57 Å². The van der Waals surface area contributed by atoms with Gasteiger partial charge in [0.25, 0.3) is 0 Å². The van der Waals surface area contributed by atoms with Crippen molar-refractivity contribution < 1.29 is 9.53 Å². The first-order valence-corrected chi connectivity index (χ1v) is 5.68. The molecule has 0 aliphatic rings. The molecule has 1 heterocycles. The van der Waals surface area contributed by atoms with Crippen molar-refractivity contribution in [2.24, 2.45) is 0 Å². The van der Waals surface area contributed by atoms with Gasteiger partial charge < -0.3 is 10.5 Å².